The second-order valence-corrected chi connectivity index (χ2v) is 6.05. The van der Waals surface area contributed by atoms with Crippen molar-refractivity contribution in [3.05, 3.63) is 40.9 Å². The molecular formula is C17H22N4O3. The van der Waals surface area contributed by atoms with E-state index in [-0.39, 0.29) is 30.2 Å². The number of ether oxygens (including phenoxy) is 1. The lowest BCUT2D eigenvalue weighted by Gasteiger charge is -2.38. The molecule has 24 heavy (non-hydrogen) atoms. The van der Waals surface area contributed by atoms with Gasteiger partial charge in [-0.05, 0) is 25.0 Å². The van der Waals surface area contributed by atoms with E-state index >= 15 is 0 Å². The molecule has 7 heteroatoms. The van der Waals surface area contributed by atoms with Crippen molar-refractivity contribution < 1.29 is 9.53 Å². The molecule has 128 valence electrons. The van der Waals surface area contributed by atoms with Crippen LogP contribution in [-0.2, 0) is 16.1 Å². The highest BCUT2D eigenvalue weighted by Crippen LogP contribution is 2.19. The number of carbonyl (C=O) groups excluding carboxylic acids is 1. The third-order valence-electron chi connectivity index (χ3n) is 4.63. The minimum absolute atomic E-state index is 0.0230. The van der Waals surface area contributed by atoms with Crippen LogP contribution in [0.1, 0.15) is 12.8 Å². The number of methoxy groups -OCH3 is 1. The largest absolute Gasteiger partial charge is 0.381 e. The topological polar surface area (TPSA) is 90.5 Å². The van der Waals surface area contributed by atoms with Crippen molar-refractivity contribution in [2.24, 2.45) is 5.73 Å². The van der Waals surface area contributed by atoms with Gasteiger partial charge in [0.2, 0.25) is 5.91 Å². The van der Waals surface area contributed by atoms with Crippen LogP contribution >= 0.6 is 0 Å². The number of nitrogens with zero attached hydrogens (tertiary/aromatic N) is 3. The Morgan fingerprint density at radius 1 is 1.42 bits per heavy atom. The lowest BCUT2D eigenvalue weighted by molar-refractivity contribution is -0.137. The number of aromatic nitrogens is 2. The number of nitrogens with two attached hydrogens (primary N) is 1. The van der Waals surface area contributed by atoms with Crippen LogP contribution in [0.4, 0.5) is 0 Å². The minimum atomic E-state index is -0.204. The molecule has 0 saturated carbocycles. The lowest BCUT2D eigenvalue weighted by Crippen LogP contribution is -2.52. The van der Waals surface area contributed by atoms with E-state index in [1.54, 1.807) is 30.2 Å². The first-order chi connectivity index (χ1) is 11.6. The highest BCUT2D eigenvalue weighted by Gasteiger charge is 2.30. The number of benzene rings is 1. The van der Waals surface area contributed by atoms with E-state index in [1.165, 1.54) is 10.9 Å². The molecule has 2 unspecified atom stereocenters. The van der Waals surface area contributed by atoms with Crippen molar-refractivity contribution in [3.8, 4) is 0 Å². The Kier molecular flexibility index (Phi) is 4.92. The number of amides is 1. The normalized spacial score (nSPS) is 21.2. The first kappa shape index (κ1) is 16.6. The zero-order valence-electron chi connectivity index (χ0n) is 13.7. The molecule has 0 radical (unpaired) electrons. The fourth-order valence-corrected chi connectivity index (χ4v) is 3.24. The Balaban J connectivity index is 1.79. The van der Waals surface area contributed by atoms with Gasteiger partial charge in [0.25, 0.3) is 5.56 Å². The standard InChI is InChI=1S/C17H22N4O3/c1-24-13-6-7-21(12(8-13)9-18)16(22)10-20-11-19-15-5-3-2-4-14(15)17(20)23/h2-5,11-13H,6-10,18H2,1H3. The van der Waals surface area contributed by atoms with Gasteiger partial charge in [-0.2, -0.15) is 0 Å². The van der Waals surface area contributed by atoms with E-state index in [4.69, 9.17) is 10.5 Å². The van der Waals surface area contributed by atoms with Gasteiger partial charge in [-0.15, -0.1) is 0 Å². The molecular weight excluding hydrogens is 308 g/mol. The summed E-state index contributed by atoms with van der Waals surface area (Å²) in [7, 11) is 1.68. The number of piperidine rings is 1. The molecule has 1 aromatic carbocycles. The average molecular weight is 330 g/mol. The first-order valence-electron chi connectivity index (χ1n) is 8.10. The number of likely N-dealkylation sites (tertiary alicyclic amines) is 1. The van der Waals surface area contributed by atoms with Crippen LogP contribution in [0.3, 0.4) is 0 Å². The fraction of sp³-hybridized carbons (Fsp3) is 0.471. The summed E-state index contributed by atoms with van der Waals surface area (Å²) < 4.78 is 6.74. The second kappa shape index (κ2) is 7.11. The van der Waals surface area contributed by atoms with E-state index in [0.717, 1.165) is 12.8 Å². The molecule has 1 saturated heterocycles. The van der Waals surface area contributed by atoms with E-state index in [0.29, 0.717) is 24.0 Å². The van der Waals surface area contributed by atoms with Crippen molar-refractivity contribution in [1.29, 1.82) is 0 Å². The molecule has 1 aromatic heterocycles. The summed E-state index contributed by atoms with van der Waals surface area (Å²) in [5.41, 5.74) is 6.24. The quantitative estimate of drug-likeness (QED) is 0.874. The Bertz CT molecular complexity index is 789. The van der Waals surface area contributed by atoms with Crippen LogP contribution in [0, 0.1) is 0 Å². The summed E-state index contributed by atoms with van der Waals surface area (Å²) in [6.45, 7) is 0.955. The van der Waals surface area contributed by atoms with E-state index in [2.05, 4.69) is 4.98 Å². The lowest BCUT2D eigenvalue weighted by atomic mass is 9.99. The highest BCUT2D eigenvalue weighted by atomic mass is 16.5. The van der Waals surface area contributed by atoms with Crippen LogP contribution in [0.15, 0.2) is 35.4 Å². The van der Waals surface area contributed by atoms with Gasteiger partial charge in [0, 0.05) is 26.2 Å². The molecule has 2 aromatic rings. The van der Waals surface area contributed by atoms with E-state index < -0.39 is 0 Å². The molecule has 2 atom stereocenters. The van der Waals surface area contributed by atoms with E-state index in [9.17, 15) is 9.59 Å². The highest BCUT2D eigenvalue weighted by molar-refractivity contribution is 5.79. The van der Waals surface area contributed by atoms with Crippen LogP contribution < -0.4 is 11.3 Å². The Morgan fingerprint density at radius 3 is 2.96 bits per heavy atom. The van der Waals surface area contributed by atoms with Gasteiger partial charge < -0.3 is 15.4 Å². The minimum Gasteiger partial charge on any atom is -0.381 e. The summed E-state index contributed by atoms with van der Waals surface area (Å²) >= 11 is 0. The Hall–Kier alpha value is -2.25. The third kappa shape index (κ3) is 3.18. The van der Waals surface area contributed by atoms with Crippen LogP contribution in [-0.4, -0.2) is 52.7 Å². The maximum absolute atomic E-state index is 12.7. The second-order valence-electron chi connectivity index (χ2n) is 6.05. The van der Waals surface area contributed by atoms with Crippen molar-refractivity contribution in [1.82, 2.24) is 14.5 Å². The van der Waals surface area contributed by atoms with Gasteiger partial charge in [0.05, 0.1) is 23.3 Å². The predicted octanol–water partition coefficient (Wildman–Crippen LogP) is 0.361. The van der Waals surface area contributed by atoms with Crippen molar-refractivity contribution in [3.63, 3.8) is 0 Å². The molecule has 2 N–H and O–H groups in total. The molecule has 1 fully saturated rings. The molecule has 0 spiro atoms. The summed E-state index contributed by atoms with van der Waals surface area (Å²) in [5, 5.41) is 0.515. The number of hydrogen-bond acceptors (Lipinski definition) is 5. The summed E-state index contributed by atoms with van der Waals surface area (Å²) in [6.07, 6.45) is 3.07. The maximum atomic E-state index is 12.7. The zero-order valence-corrected chi connectivity index (χ0v) is 13.7. The summed E-state index contributed by atoms with van der Waals surface area (Å²) in [4.78, 5) is 31.2. The smallest absolute Gasteiger partial charge is 0.261 e. The summed E-state index contributed by atoms with van der Waals surface area (Å²) in [6, 6.07) is 7.06. The molecule has 0 bridgehead atoms. The molecule has 1 aliphatic heterocycles. The van der Waals surface area contributed by atoms with Crippen molar-refractivity contribution in [2.75, 3.05) is 20.2 Å². The van der Waals surface area contributed by atoms with Gasteiger partial charge in [-0.25, -0.2) is 4.98 Å². The third-order valence-corrected chi connectivity index (χ3v) is 4.63. The van der Waals surface area contributed by atoms with Crippen molar-refractivity contribution >= 4 is 16.8 Å². The molecule has 1 amide bonds. The predicted molar refractivity (Wildman–Crippen MR) is 90.6 cm³/mol. The number of fused-ring (bicyclic) bond motifs is 1. The number of carbonyl (C=O) groups is 1. The SMILES string of the molecule is COC1CCN(C(=O)Cn2cnc3ccccc3c2=O)C(CN)C1. The van der Waals surface area contributed by atoms with Gasteiger partial charge in [0.15, 0.2) is 0 Å². The molecule has 7 nitrogen and oxygen atoms in total. The zero-order chi connectivity index (χ0) is 17.1. The van der Waals surface area contributed by atoms with E-state index in [1.807, 2.05) is 6.07 Å². The fourth-order valence-electron chi connectivity index (χ4n) is 3.24. The average Bonchev–Trinajstić information content (AvgIpc) is 2.63. The van der Waals surface area contributed by atoms with Crippen molar-refractivity contribution in [2.45, 2.75) is 31.5 Å². The molecule has 3 rings (SSSR count). The molecule has 2 heterocycles. The monoisotopic (exact) mass is 330 g/mol. The van der Waals surface area contributed by atoms with Crippen LogP contribution in [0.5, 0.6) is 0 Å². The van der Waals surface area contributed by atoms with Gasteiger partial charge in [-0.3, -0.25) is 14.2 Å². The van der Waals surface area contributed by atoms with Crippen LogP contribution in [0.25, 0.3) is 10.9 Å². The van der Waals surface area contributed by atoms with Gasteiger partial charge >= 0.3 is 0 Å². The molecule has 0 aliphatic carbocycles. The number of para-hydroxylation sites is 1. The Morgan fingerprint density at radius 2 is 2.21 bits per heavy atom. The van der Waals surface area contributed by atoms with Gasteiger partial charge in [0.1, 0.15) is 6.54 Å². The first-order valence-corrected chi connectivity index (χ1v) is 8.10. The number of rotatable bonds is 4. The summed E-state index contributed by atoms with van der Waals surface area (Å²) in [5.74, 6) is -0.112. The maximum Gasteiger partial charge on any atom is 0.261 e. The van der Waals surface area contributed by atoms with Gasteiger partial charge in [-0.1, -0.05) is 12.1 Å². The van der Waals surface area contributed by atoms with Crippen LogP contribution in [0.2, 0.25) is 0 Å². The Labute approximate surface area is 140 Å². The number of hydrogen-bond donors (Lipinski definition) is 1. The molecule has 1 aliphatic rings.